The summed E-state index contributed by atoms with van der Waals surface area (Å²) in [6.45, 7) is 0.742. The van der Waals surface area contributed by atoms with Gasteiger partial charge in [-0.25, -0.2) is 8.78 Å². The van der Waals surface area contributed by atoms with Gasteiger partial charge in [0, 0.05) is 6.42 Å². The molecule has 0 aliphatic heterocycles. The lowest BCUT2D eigenvalue weighted by Gasteiger charge is -2.11. The van der Waals surface area contributed by atoms with Crippen LogP contribution in [-0.4, -0.2) is 6.61 Å². The molecule has 0 saturated heterocycles. The maximum absolute atomic E-state index is 13.8. The van der Waals surface area contributed by atoms with Gasteiger partial charge in [-0.05, 0) is 41.5 Å². The quantitative estimate of drug-likeness (QED) is 0.407. The molecule has 3 aromatic carbocycles. The molecular weight excluding hydrogens is 374 g/mol. The average Bonchev–Trinajstić information content (AvgIpc) is 2.73. The maximum atomic E-state index is 13.8. The topological polar surface area (TPSA) is 39.4 Å². The van der Waals surface area contributed by atoms with Gasteiger partial charge in [0.25, 0.3) is 0 Å². The minimum atomic E-state index is -0.533. The van der Waals surface area contributed by atoms with E-state index in [1.54, 1.807) is 6.07 Å². The van der Waals surface area contributed by atoms with Crippen LogP contribution in [0, 0.1) is 11.6 Å². The summed E-state index contributed by atoms with van der Waals surface area (Å²) < 4.78 is 39.1. The molecule has 1 aromatic heterocycles. The largest absolute Gasteiger partial charge is 0.460 e. The average molecular weight is 392 g/mol. The highest BCUT2D eigenvalue weighted by Crippen LogP contribution is 2.26. The van der Waals surface area contributed by atoms with Crippen molar-refractivity contribution in [1.82, 2.24) is 0 Å². The smallest absolute Gasteiger partial charge is 0.200 e. The van der Waals surface area contributed by atoms with Crippen molar-refractivity contribution >= 4 is 11.0 Å². The summed E-state index contributed by atoms with van der Waals surface area (Å²) in [6.07, 6.45) is 0.321. The van der Waals surface area contributed by atoms with Gasteiger partial charge in [0.2, 0.25) is 5.43 Å². The predicted molar refractivity (Wildman–Crippen MR) is 108 cm³/mol. The molecular formula is C24H18F2O3. The van der Waals surface area contributed by atoms with E-state index in [9.17, 15) is 13.6 Å². The van der Waals surface area contributed by atoms with Gasteiger partial charge < -0.3 is 9.15 Å². The third kappa shape index (κ3) is 4.25. The molecule has 0 atom stereocenters. The molecule has 4 rings (SSSR count). The Hall–Kier alpha value is -3.31. The highest BCUT2D eigenvalue weighted by molar-refractivity contribution is 5.82. The standard InChI is InChI=1S/C24H18F2O3/c25-18-8-4-7-17(13-18)23-22(11-12-28-15-16-5-2-1-3-6-16)29-21-10-9-19(26)14-20(21)24(23)27/h1-10,13-14H,11-12,15H2. The van der Waals surface area contributed by atoms with E-state index in [2.05, 4.69) is 0 Å². The number of hydrogen-bond acceptors (Lipinski definition) is 3. The monoisotopic (exact) mass is 392 g/mol. The molecule has 146 valence electrons. The van der Waals surface area contributed by atoms with Gasteiger partial charge in [0.05, 0.1) is 24.2 Å². The fourth-order valence-corrected chi connectivity index (χ4v) is 3.25. The first-order chi connectivity index (χ1) is 14.1. The van der Waals surface area contributed by atoms with E-state index in [0.29, 0.717) is 31.0 Å². The summed E-state index contributed by atoms with van der Waals surface area (Å²) in [4.78, 5) is 13.1. The van der Waals surface area contributed by atoms with E-state index in [1.165, 1.54) is 30.3 Å². The molecule has 0 aliphatic carbocycles. The van der Waals surface area contributed by atoms with Crippen LogP contribution in [0.2, 0.25) is 0 Å². The van der Waals surface area contributed by atoms with Gasteiger partial charge in [-0.2, -0.15) is 0 Å². The lowest BCUT2D eigenvalue weighted by molar-refractivity contribution is 0.120. The van der Waals surface area contributed by atoms with Crippen LogP contribution in [0.25, 0.3) is 22.1 Å². The van der Waals surface area contributed by atoms with Gasteiger partial charge in [-0.15, -0.1) is 0 Å². The van der Waals surface area contributed by atoms with Crippen molar-refractivity contribution in [3.8, 4) is 11.1 Å². The molecule has 1 heterocycles. The summed E-state index contributed by atoms with van der Waals surface area (Å²) >= 11 is 0. The van der Waals surface area contributed by atoms with Crippen molar-refractivity contribution in [2.75, 3.05) is 6.61 Å². The third-order valence-corrected chi connectivity index (χ3v) is 4.62. The van der Waals surface area contributed by atoms with Crippen molar-refractivity contribution in [3.05, 3.63) is 106 Å². The summed E-state index contributed by atoms with van der Waals surface area (Å²) in [5, 5.41) is 0.123. The first kappa shape index (κ1) is 19.0. The van der Waals surface area contributed by atoms with Crippen LogP contribution in [0.3, 0.4) is 0 Å². The first-order valence-electron chi connectivity index (χ1n) is 9.24. The molecule has 0 saturated carbocycles. The Morgan fingerprint density at radius 3 is 2.45 bits per heavy atom. The third-order valence-electron chi connectivity index (χ3n) is 4.62. The van der Waals surface area contributed by atoms with Gasteiger partial charge in [-0.3, -0.25) is 4.79 Å². The molecule has 0 unspecified atom stereocenters. The molecule has 29 heavy (non-hydrogen) atoms. The van der Waals surface area contributed by atoms with Crippen LogP contribution in [0.1, 0.15) is 11.3 Å². The summed E-state index contributed by atoms with van der Waals surface area (Å²) in [5.41, 5.74) is 1.55. The van der Waals surface area contributed by atoms with Crippen LogP contribution < -0.4 is 5.43 Å². The molecule has 0 radical (unpaired) electrons. The van der Waals surface area contributed by atoms with Crippen LogP contribution in [-0.2, 0) is 17.8 Å². The van der Waals surface area contributed by atoms with E-state index in [1.807, 2.05) is 30.3 Å². The second kappa shape index (κ2) is 8.37. The Morgan fingerprint density at radius 2 is 1.66 bits per heavy atom. The second-order valence-electron chi connectivity index (χ2n) is 6.67. The highest BCUT2D eigenvalue weighted by atomic mass is 19.1. The van der Waals surface area contributed by atoms with E-state index in [0.717, 1.165) is 11.6 Å². The number of fused-ring (bicyclic) bond motifs is 1. The molecule has 0 amide bonds. The first-order valence-corrected chi connectivity index (χ1v) is 9.24. The number of ether oxygens (including phenoxy) is 1. The van der Waals surface area contributed by atoms with Crippen LogP contribution in [0.15, 0.2) is 82.0 Å². The van der Waals surface area contributed by atoms with Crippen molar-refractivity contribution in [3.63, 3.8) is 0 Å². The molecule has 4 aromatic rings. The Balaban J connectivity index is 1.68. The second-order valence-corrected chi connectivity index (χ2v) is 6.67. The molecule has 5 heteroatoms. The SMILES string of the molecule is O=c1c(-c2cccc(F)c2)c(CCOCc2ccccc2)oc2ccc(F)cc12. The normalized spacial score (nSPS) is 11.1. The molecule has 0 bridgehead atoms. The zero-order valence-electron chi connectivity index (χ0n) is 15.5. The zero-order chi connectivity index (χ0) is 20.2. The number of benzene rings is 3. The summed E-state index contributed by atoms with van der Waals surface area (Å²) in [5.74, 6) is -0.616. The fourth-order valence-electron chi connectivity index (χ4n) is 3.25. The summed E-state index contributed by atoms with van der Waals surface area (Å²) in [6, 6.07) is 19.3. The summed E-state index contributed by atoms with van der Waals surface area (Å²) in [7, 11) is 0. The van der Waals surface area contributed by atoms with E-state index in [4.69, 9.17) is 9.15 Å². The van der Waals surface area contributed by atoms with Crippen molar-refractivity contribution in [2.24, 2.45) is 0 Å². The molecule has 0 N–H and O–H groups in total. The highest BCUT2D eigenvalue weighted by Gasteiger charge is 2.17. The lowest BCUT2D eigenvalue weighted by Crippen LogP contribution is -2.11. The van der Waals surface area contributed by atoms with Gasteiger partial charge >= 0.3 is 0 Å². The van der Waals surface area contributed by atoms with Crippen LogP contribution >= 0.6 is 0 Å². The number of hydrogen-bond donors (Lipinski definition) is 0. The van der Waals surface area contributed by atoms with E-state index < -0.39 is 17.1 Å². The Morgan fingerprint density at radius 1 is 0.862 bits per heavy atom. The predicted octanol–water partition coefficient (Wildman–Crippen LogP) is 5.50. The Bertz CT molecular complexity index is 1200. The van der Waals surface area contributed by atoms with Gasteiger partial charge in [0.1, 0.15) is 23.0 Å². The van der Waals surface area contributed by atoms with Crippen molar-refractivity contribution in [1.29, 1.82) is 0 Å². The maximum Gasteiger partial charge on any atom is 0.200 e. The lowest BCUT2D eigenvalue weighted by atomic mass is 10.0. The minimum absolute atomic E-state index is 0.123. The molecule has 0 aliphatic rings. The van der Waals surface area contributed by atoms with Crippen LogP contribution in [0.4, 0.5) is 8.78 Å². The Labute approximate surface area is 166 Å². The van der Waals surface area contributed by atoms with Crippen molar-refractivity contribution < 1.29 is 17.9 Å². The van der Waals surface area contributed by atoms with Gasteiger partial charge in [-0.1, -0.05) is 42.5 Å². The molecule has 0 fully saturated rings. The van der Waals surface area contributed by atoms with Gasteiger partial charge in [0.15, 0.2) is 0 Å². The van der Waals surface area contributed by atoms with Crippen LogP contribution in [0.5, 0.6) is 0 Å². The van der Waals surface area contributed by atoms with E-state index in [-0.39, 0.29) is 16.5 Å². The Kier molecular flexibility index (Phi) is 5.49. The minimum Gasteiger partial charge on any atom is -0.460 e. The van der Waals surface area contributed by atoms with E-state index >= 15 is 0 Å². The fraction of sp³-hybridized carbons (Fsp3) is 0.125. The van der Waals surface area contributed by atoms with Crippen molar-refractivity contribution in [2.45, 2.75) is 13.0 Å². The molecule has 0 spiro atoms. The molecule has 3 nitrogen and oxygen atoms in total. The zero-order valence-corrected chi connectivity index (χ0v) is 15.5. The number of halogens is 2. The number of rotatable bonds is 6.